The van der Waals surface area contributed by atoms with Crippen LogP contribution >= 0.6 is 11.3 Å². The summed E-state index contributed by atoms with van der Waals surface area (Å²) in [6, 6.07) is 0. The summed E-state index contributed by atoms with van der Waals surface area (Å²) >= 11 is 1.15. The standard InChI is InChI=1S/C18H24N4O4S/c1-9-10(2)21-22(6)16(24)12(9)15-20-11(3)13(27-15)14(23)19-8-7-18(4,5)17(25)26/h7-8H2,1-6H3,(H,19,23)(H,25,26). The number of carbonyl (C=O) groups is 2. The van der Waals surface area contributed by atoms with Gasteiger partial charge in [0.05, 0.1) is 22.4 Å². The molecule has 2 rings (SSSR count). The van der Waals surface area contributed by atoms with Crippen molar-refractivity contribution >= 4 is 23.2 Å². The van der Waals surface area contributed by atoms with E-state index in [1.54, 1.807) is 27.8 Å². The summed E-state index contributed by atoms with van der Waals surface area (Å²) in [5.74, 6) is -1.23. The molecule has 2 heterocycles. The largest absolute Gasteiger partial charge is 0.481 e. The van der Waals surface area contributed by atoms with E-state index in [0.29, 0.717) is 27.6 Å². The molecule has 8 nitrogen and oxygen atoms in total. The molecule has 0 unspecified atom stereocenters. The minimum atomic E-state index is -0.918. The summed E-state index contributed by atoms with van der Waals surface area (Å²) in [5.41, 5.74) is 1.26. The van der Waals surface area contributed by atoms with Gasteiger partial charge in [-0.2, -0.15) is 5.10 Å². The molecule has 9 heteroatoms. The van der Waals surface area contributed by atoms with Crippen molar-refractivity contribution in [3.8, 4) is 10.6 Å². The molecule has 0 aromatic carbocycles. The number of amides is 1. The van der Waals surface area contributed by atoms with Crippen molar-refractivity contribution in [2.24, 2.45) is 12.5 Å². The van der Waals surface area contributed by atoms with Gasteiger partial charge >= 0.3 is 5.97 Å². The fourth-order valence-electron chi connectivity index (χ4n) is 2.49. The van der Waals surface area contributed by atoms with Gasteiger partial charge in [0, 0.05) is 13.6 Å². The van der Waals surface area contributed by atoms with Crippen molar-refractivity contribution < 1.29 is 14.7 Å². The van der Waals surface area contributed by atoms with E-state index in [0.717, 1.165) is 22.6 Å². The maximum Gasteiger partial charge on any atom is 0.309 e. The predicted molar refractivity (Wildman–Crippen MR) is 103 cm³/mol. The lowest BCUT2D eigenvalue weighted by Crippen LogP contribution is -2.31. The van der Waals surface area contributed by atoms with Crippen LogP contribution in [0.4, 0.5) is 0 Å². The summed E-state index contributed by atoms with van der Waals surface area (Å²) in [5, 5.41) is 16.5. The fraction of sp³-hybridized carbons (Fsp3) is 0.500. The molecule has 0 radical (unpaired) electrons. The summed E-state index contributed by atoms with van der Waals surface area (Å²) in [4.78, 5) is 40.9. The van der Waals surface area contributed by atoms with Crippen LogP contribution in [0.2, 0.25) is 0 Å². The molecule has 0 aliphatic carbocycles. The highest BCUT2D eigenvalue weighted by molar-refractivity contribution is 7.17. The van der Waals surface area contributed by atoms with E-state index >= 15 is 0 Å². The van der Waals surface area contributed by atoms with Crippen LogP contribution in [0.25, 0.3) is 10.6 Å². The molecule has 1 amide bonds. The SMILES string of the molecule is Cc1nc(-c2c(C)c(C)nn(C)c2=O)sc1C(=O)NCCC(C)(C)C(=O)O. The molecule has 146 valence electrons. The summed E-state index contributed by atoms with van der Waals surface area (Å²) < 4.78 is 1.27. The Balaban J connectivity index is 2.26. The Bertz CT molecular complexity index is 959. The number of rotatable bonds is 6. The van der Waals surface area contributed by atoms with Gasteiger partial charge in [-0.1, -0.05) is 0 Å². The van der Waals surface area contributed by atoms with Crippen molar-refractivity contribution in [1.82, 2.24) is 20.1 Å². The van der Waals surface area contributed by atoms with E-state index < -0.39 is 11.4 Å². The topological polar surface area (TPSA) is 114 Å². The molecule has 0 spiro atoms. The van der Waals surface area contributed by atoms with Crippen molar-refractivity contribution in [3.05, 3.63) is 32.2 Å². The Morgan fingerprint density at radius 2 is 1.85 bits per heavy atom. The number of carbonyl (C=O) groups excluding carboxylic acids is 1. The third-order valence-corrected chi connectivity index (χ3v) is 5.73. The molecule has 0 aliphatic heterocycles. The van der Waals surface area contributed by atoms with Crippen LogP contribution in [0.1, 0.15) is 46.9 Å². The van der Waals surface area contributed by atoms with Crippen LogP contribution in [0, 0.1) is 26.2 Å². The predicted octanol–water partition coefficient (Wildman–Crippen LogP) is 2.06. The Morgan fingerprint density at radius 3 is 2.44 bits per heavy atom. The van der Waals surface area contributed by atoms with Crippen LogP contribution in [0.3, 0.4) is 0 Å². The highest BCUT2D eigenvalue weighted by Crippen LogP contribution is 2.28. The zero-order valence-electron chi connectivity index (χ0n) is 16.3. The first-order valence-electron chi connectivity index (χ1n) is 8.49. The number of aliphatic carboxylic acids is 1. The monoisotopic (exact) mass is 392 g/mol. The minimum Gasteiger partial charge on any atom is -0.481 e. The van der Waals surface area contributed by atoms with Gasteiger partial charge in [0.15, 0.2) is 0 Å². The third-order valence-electron chi connectivity index (χ3n) is 4.56. The maximum atomic E-state index is 12.5. The average molecular weight is 392 g/mol. The maximum absolute atomic E-state index is 12.5. The van der Waals surface area contributed by atoms with E-state index in [1.165, 1.54) is 4.68 Å². The molecule has 2 N–H and O–H groups in total. The van der Waals surface area contributed by atoms with Crippen LogP contribution in [0.15, 0.2) is 4.79 Å². The van der Waals surface area contributed by atoms with E-state index in [4.69, 9.17) is 5.11 Å². The second-order valence-corrected chi connectivity index (χ2v) is 8.14. The van der Waals surface area contributed by atoms with Crippen molar-refractivity contribution in [1.29, 1.82) is 0 Å². The number of hydrogen-bond donors (Lipinski definition) is 2. The molecule has 2 aromatic rings. The Hall–Kier alpha value is -2.55. The average Bonchev–Trinajstić information content (AvgIpc) is 2.94. The Morgan fingerprint density at radius 1 is 1.22 bits per heavy atom. The first kappa shape index (κ1) is 20.8. The molecular weight excluding hydrogens is 368 g/mol. The lowest BCUT2D eigenvalue weighted by atomic mass is 9.90. The van der Waals surface area contributed by atoms with Gasteiger partial charge in [0.2, 0.25) is 0 Å². The first-order chi connectivity index (χ1) is 12.5. The lowest BCUT2D eigenvalue weighted by Gasteiger charge is -2.18. The van der Waals surface area contributed by atoms with Gasteiger partial charge in [-0.15, -0.1) is 11.3 Å². The van der Waals surface area contributed by atoms with Crippen molar-refractivity contribution in [2.45, 2.75) is 41.0 Å². The highest BCUT2D eigenvalue weighted by atomic mass is 32.1. The van der Waals surface area contributed by atoms with Crippen LogP contribution in [-0.2, 0) is 11.8 Å². The second kappa shape index (κ2) is 7.59. The zero-order valence-corrected chi connectivity index (χ0v) is 17.2. The lowest BCUT2D eigenvalue weighted by molar-refractivity contribution is -0.147. The summed E-state index contributed by atoms with van der Waals surface area (Å²) in [7, 11) is 1.58. The zero-order chi connectivity index (χ0) is 20.5. The van der Waals surface area contributed by atoms with E-state index in [9.17, 15) is 14.4 Å². The molecule has 0 saturated heterocycles. The second-order valence-electron chi connectivity index (χ2n) is 7.14. The van der Waals surface area contributed by atoms with E-state index in [-0.39, 0.29) is 18.0 Å². The molecule has 0 saturated carbocycles. The van der Waals surface area contributed by atoms with Gasteiger partial charge in [-0.25, -0.2) is 9.67 Å². The molecule has 2 aromatic heterocycles. The summed E-state index contributed by atoms with van der Waals surface area (Å²) in [6.45, 7) is 8.80. The van der Waals surface area contributed by atoms with Crippen LogP contribution < -0.4 is 10.9 Å². The molecule has 0 atom stereocenters. The van der Waals surface area contributed by atoms with E-state index in [1.807, 2.05) is 13.8 Å². The molecule has 27 heavy (non-hydrogen) atoms. The molecule has 0 aliphatic rings. The Kier molecular flexibility index (Phi) is 5.84. The number of aryl methyl sites for hydroxylation is 3. The normalized spacial score (nSPS) is 11.5. The van der Waals surface area contributed by atoms with E-state index in [2.05, 4.69) is 15.4 Å². The van der Waals surface area contributed by atoms with Gasteiger partial charge < -0.3 is 10.4 Å². The fourth-order valence-corrected chi connectivity index (χ4v) is 3.57. The summed E-state index contributed by atoms with van der Waals surface area (Å²) in [6.07, 6.45) is 0.308. The quantitative estimate of drug-likeness (QED) is 0.778. The minimum absolute atomic E-state index is 0.236. The molecule has 0 fully saturated rings. The number of aromatic nitrogens is 3. The number of hydrogen-bond acceptors (Lipinski definition) is 6. The number of nitrogens with zero attached hydrogens (tertiary/aromatic N) is 3. The molecular formula is C18H24N4O4S. The Labute approximate surface area is 161 Å². The van der Waals surface area contributed by atoms with Crippen molar-refractivity contribution in [3.63, 3.8) is 0 Å². The third kappa shape index (κ3) is 4.24. The van der Waals surface area contributed by atoms with Gasteiger partial charge in [0.25, 0.3) is 11.5 Å². The van der Waals surface area contributed by atoms with Crippen molar-refractivity contribution in [2.75, 3.05) is 6.54 Å². The van der Waals surface area contributed by atoms with Gasteiger partial charge in [-0.05, 0) is 46.6 Å². The molecule has 0 bridgehead atoms. The smallest absolute Gasteiger partial charge is 0.309 e. The number of nitrogens with one attached hydrogen (secondary N) is 1. The first-order valence-corrected chi connectivity index (χ1v) is 9.31. The van der Waals surface area contributed by atoms with Crippen LogP contribution in [0.5, 0.6) is 0 Å². The van der Waals surface area contributed by atoms with Gasteiger partial charge in [0.1, 0.15) is 9.88 Å². The number of carboxylic acids is 1. The number of thiazole rings is 1. The van der Waals surface area contributed by atoms with Crippen LogP contribution in [-0.4, -0.2) is 38.3 Å². The number of carboxylic acid groups (broad SMARTS) is 1. The highest BCUT2D eigenvalue weighted by Gasteiger charge is 2.27. The van der Waals surface area contributed by atoms with Gasteiger partial charge in [-0.3, -0.25) is 14.4 Å².